The molecule has 0 aliphatic rings. The lowest BCUT2D eigenvalue weighted by Gasteiger charge is -2.16. The van der Waals surface area contributed by atoms with Gasteiger partial charge in [0.2, 0.25) is 0 Å². The number of aromatic carboxylic acids is 1. The smallest absolute Gasteiger partial charge is 0.335 e. The van der Waals surface area contributed by atoms with E-state index in [1.807, 2.05) is 30.3 Å². The summed E-state index contributed by atoms with van der Waals surface area (Å²) in [5.74, 6) is -0.853. The van der Waals surface area contributed by atoms with Crippen LogP contribution in [0.5, 0.6) is 0 Å². The van der Waals surface area contributed by atoms with Gasteiger partial charge in [-0.2, -0.15) is 0 Å². The molecular weight excluding hydrogens is 288 g/mol. The third-order valence-corrected chi connectivity index (χ3v) is 4.01. The van der Waals surface area contributed by atoms with Crippen molar-refractivity contribution in [3.63, 3.8) is 0 Å². The van der Waals surface area contributed by atoms with Gasteiger partial charge in [-0.3, -0.25) is 4.79 Å². The van der Waals surface area contributed by atoms with Gasteiger partial charge >= 0.3 is 5.97 Å². The highest BCUT2D eigenvalue weighted by Gasteiger charge is 2.20. The van der Waals surface area contributed by atoms with Crippen LogP contribution in [0.15, 0.2) is 54.6 Å². The summed E-state index contributed by atoms with van der Waals surface area (Å²) in [6, 6.07) is 16.6. The maximum absolute atomic E-state index is 12.6. The summed E-state index contributed by atoms with van der Waals surface area (Å²) in [4.78, 5) is 23.5. The SMILES string of the molecule is CCCCC(=O)C(Cc1ccc(C(=O)O)cc1)c1ccccc1. The van der Waals surface area contributed by atoms with E-state index in [0.717, 1.165) is 24.0 Å². The molecule has 0 saturated carbocycles. The number of carbonyl (C=O) groups excluding carboxylic acids is 1. The van der Waals surface area contributed by atoms with Crippen LogP contribution in [-0.4, -0.2) is 16.9 Å². The molecule has 3 nitrogen and oxygen atoms in total. The summed E-state index contributed by atoms with van der Waals surface area (Å²) in [6.45, 7) is 2.08. The molecule has 0 radical (unpaired) electrons. The van der Waals surface area contributed by atoms with Crippen LogP contribution in [0, 0.1) is 0 Å². The van der Waals surface area contributed by atoms with Crippen molar-refractivity contribution in [1.29, 1.82) is 0 Å². The summed E-state index contributed by atoms with van der Waals surface area (Å²) in [6.07, 6.45) is 3.09. The van der Waals surface area contributed by atoms with Gasteiger partial charge in [0.05, 0.1) is 5.56 Å². The molecule has 0 bridgehead atoms. The Morgan fingerprint density at radius 2 is 1.65 bits per heavy atom. The monoisotopic (exact) mass is 310 g/mol. The molecule has 0 saturated heterocycles. The molecule has 23 heavy (non-hydrogen) atoms. The molecule has 0 amide bonds. The molecule has 2 aromatic carbocycles. The van der Waals surface area contributed by atoms with E-state index in [2.05, 4.69) is 6.92 Å². The third-order valence-electron chi connectivity index (χ3n) is 4.01. The Bertz CT molecular complexity index is 644. The standard InChI is InChI=1S/C20H22O3/c1-2-3-9-19(21)18(16-7-5-4-6-8-16)14-15-10-12-17(13-11-15)20(22)23/h4-8,10-13,18H,2-3,9,14H2,1H3,(H,22,23). The first-order chi connectivity index (χ1) is 11.1. The van der Waals surface area contributed by atoms with E-state index in [4.69, 9.17) is 5.11 Å². The van der Waals surface area contributed by atoms with Crippen LogP contribution >= 0.6 is 0 Å². The Hall–Kier alpha value is -2.42. The van der Waals surface area contributed by atoms with Gasteiger partial charge in [-0.05, 0) is 36.1 Å². The van der Waals surface area contributed by atoms with Gasteiger partial charge in [-0.1, -0.05) is 55.8 Å². The minimum Gasteiger partial charge on any atom is -0.478 e. The van der Waals surface area contributed by atoms with E-state index in [1.54, 1.807) is 24.3 Å². The molecule has 1 N–H and O–H groups in total. The van der Waals surface area contributed by atoms with Crippen molar-refractivity contribution in [1.82, 2.24) is 0 Å². The predicted molar refractivity (Wildman–Crippen MR) is 90.8 cm³/mol. The average Bonchev–Trinajstić information content (AvgIpc) is 2.58. The zero-order chi connectivity index (χ0) is 16.7. The maximum atomic E-state index is 12.6. The largest absolute Gasteiger partial charge is 0.478 e. The lowest BCUT2D eigenvalue weighted by Crippen LogP contribution is -2.15. The second kappa shape index (κ2) is 8.28. The minimum atomic E-state index is -0.935. The number of carboxylic acids is 1. The highest BCUT2D eigenvalue weighted by Crippen LogP contribution is 2.24. The van der Waals surface area contributed by atoms with Crippen molar-refractivity contribution in [3.8, 4) is 0 Å². The number of Topliss-reactive ketones (excluding diaryl/α,β-unsaturated/α-hetero) is 1. The Morgan fingerprint density at radius 3 is 2.22 bits per heavy atom. The van der Waals surface area contributed by atoms with Crippen LogP contribution in [0.25, 0.3) is 0 Å². The Morgan fingerprint density at radius 1 is 1.00 bits per heavy atom. The molecule has 0 aliphatic heterocycles. The van der Waals surface area contributed by atoms with Gasteiger partial charge in [-0.15, -0.1) is 0 Å². The fourth-order valence-corrected chi connectivity index (χ4v) is 2.65. The summed E-state index contributed by atoms with van der Waals surface area (Å²) >= 11 is 0. The first kappa shape index (κ1) is 16.9. The van der Waals surface area contributed by atoms with Crippen molar-refractivity contribution in [2.24, 2.45) is 0 Å². The Labute approximate surface area is 137 Å². The number of carbonyl (C=O) groups is 2. The van der Waals surface area contributed by atoms with Gasteiger partial charge in [-0.25, -0.2) is 4.79 Å². The van der Waals surface area contributed by atoms with Gasteiger partial charge in [0.15, 0.2) is 0 Å². The molecule has 1 atom stereocenters. The quantitative estimate of drug-likeness (QED) is 0.782. The highest BCUT2D eigenvalue weighted by molar-refractivity contribution is 5.88. The van der Waals surface area contributed by atoms with E-state index >= 15 is 0 Å². The van der Waals surface area contributed by atoms with E-state index in [1.165, 1.54) is 0 Å². The lowest BCUT2D eigenvalue weighted by molar-refractivity contribution is -0.120. The van der Waals surface area contributed by atoms with Crippen molar-refractivity contribution in [3.05, 3.63) is 71.3 Å². The van der Waals surface area contributed by atoms with Gasteiger partial charge < -0.3 is 5.11 Å². The predicted octanol–water partition coefficient (Wildman–Crippen LogP) is 4.47. The molecule has 2 aromatic rings. The number of unbranched alkanes of at least 4 members (excludes halogenated alkanes) is 1. The molecule has 3 heteroatoms. The molecule has 0 aliphatic carbocycles. The number of benzene rings is 2. The number of rotatable bonds is 8. The molecule has 2 rings (SSSR count). The topological polar surface area (TPSA) is 54.4 Å². The number of hydrogen-bond acceptors (Lipinski definition) is 2. The molecular formula is C20H22O3. The molecule has 1 unspecified atom stereocenters. The first-order valence-corrected chi connectivity index (χ1v) is 8.01. The van der Waals surface area contributed by atoms with E-state index in [9.17, 15) is 9.59 Å². The number of ketones is 1. The Balaban J connectivity index is 2.20. The van der Waals surface area contributed by atoms with Crippen LogP contribution in [0.1, 0.15) is 53.6 Å². The fourth-order valence-electron chi connectivity index (χ4n) is 2.65. The molecule has 0 spiro atoms. The minimum absolute atomic E-state index is 0.168. The van der Waals surface area contributed by atoms with Crippen molar-refractivity contribution in [2.45, 2.75) is 38.5 Å². The molecule has 0 heterocycles. The summed E-state index contributed by atoms with van der Waals surface area (Å²) in [7, 11) is 0. The second-order valence-corrected chi connectivity index (χ2v) is 5.74. The zero-order valence-corrected chi connectivity index (χ0v) is 13.4. The van der Waals surface area contributed by atoms with Crippen molar-refractivity contribution in [2.75, 3.05) is 0 Å². The Kier molecular flexibility index (Phi) is 6.10. The number of carboxylic acid groups (broad SMARTS) is 1. The zero-order valence-electron chi connectivity index (χ0n) is 13.4. The molecule has 120 valence electrons. The summed E-state index contributed by atoms with van der Waals surface area (Å²) in [5, 5.41) is 8.97. The second-order valence-electron chi connectivity index (χ2n) is 5.74. The van der Waals surface area contributed by atoms with E-state index in [-0.39, 0.29) is 17.3 Å². The van der Waals surface area contributed by atoms with Crippen molar-refractivity contribution >= 4 is 11.8 Å². The van der Waals surface area contributed by atoms with E-state index in [0.29, 0.717) is 12.8 Å². The molecule has 0 aromatic heterocycles. The van der Waals surface area contributed by atoms with Crippen LogP contribution < -0.4 is 0 Å². The lowest BCUT2D eigenvalue weighted by atomic mass is 9.86. The van der Waals surface area contributed by atoms with Gasteiger partial charge in [0, 0.05) is 12.3 Å². The average molecular weight is 310 g/mol. The normalized spacial score (nSPS) is 11.9. The van der Waals surface area contributed by atoms with Crippen molar-refractivity contribution < 1.29 is 14.7 Å². The van der Waals surface area contributed by atoms with Gasteiger partial charge in [0.25, 0.3) is 0 Å². The van der Waals surface area contributed by atoms with Crippen LogP contribution in [0.2, 0.25) is 0 Å². The van der Waals surface area contributed by atoms with E-state index < -0.39 is 5.97 Å². The van der Waals surface area contributed by atoms with Crippen LogP contribution in [-0.2, 0) is 11.2 Å². The highest BCUT2D eigenvalue weighted by atomic mass is 16.4. The third kappa shape index (κ3) is 4.78. The molecule has 0 fully saturated rings. The van der Waals surface area contributed by atoms with Gasteiger partial charge in [0.1, 0.15) is 5.78 Å². The fraction of sp³-hybridized carbons (Fsp3) is 0.300. The van der Waals surface area contributed by atoms with Crippen LogP contribution in [0.4, 0.5) is 0 Å². The number of hydrogen-bond donors (Lipinski definition) is 1. The summed E-state index contributed by atoms with van der Waals surface area (Å²) in [5.41, 5.74) is 2.27. The summed E-state index contributed by atoms with van der Waals surface area (Å²) < 4.78 is 0. The maximum Gasteiger partial charge on any atom is 0.335 e. The first-order valence-electron chi connectivity index (χ1n) is 8.01. The van der Waals surface area contributed by atoms with Crippen LogP contribution in [0.3, 0.4) is 0 Å².